The third kappa shape index (κ3) is 5.59. The number of carbonyl (C=O) groups excluding carboxylic acids is 1. The van der Waals surface area contributed by atoms with Gasteiger partial charge < -0.3 is 24.8 Å². The van der Waals surface area contributed by atoms with Crippen LogP contribution in [0, 0.1) is 5.92 Å². The van der Waals surface area contributed by atoms with Gasteiger partial charge in [0.15, 0.2) is 0 Å². The molecule has 187 valence electrons. The van der Waals surface area contributed by atoms with Gasteiger partial charge in [0.25, 0.3) is 0 Å². The Balaban J connectivity index is 0.00000160. The molecule has 0 saturated heterocycles. The third-order valence-corrected chi connectivity index (χ3v) is 27.1. The van der Waals surface area contributed by atoms with Crippen molar-refractivity contribution >= 4 is 22.2 Å². The number of halogens is 2. The zero-order chi connectivity index (χ0) is 23.6. The molecule has 2 aliphatic carbocycles. The largest absolute Gasteiger partial charge is 1.00 e. The molecule has 6 heteroatoms. The first-order valence-corrected chi connectivity index (χ1v) is 21.4. The summed E-state index contributed by atoms with van der Waals surface area (Å²) in [5.41, 5.74) is 5.57. The first-order chi connectivity index (χ1) is 17.3. The second-order valence-electron chi connectivity index (χ2n) is 9.79. The van der Waals surface area contributed by atoms with Crippen molar-refractivity contribution in [2.24, 2.45) is 5.92 Å². The van der Waals surface area contributed by atoms with Crippen LogP contribution in [0.25, 0.3) is 11.1 Å². The van der Waals surface area contributed by atoms with E-state index in [1.807, 2.05) is 0 Å². The zero-order valence-corrected chi connectivity index (χ0v) is 25.7. The van der Waals surface area contributed by atoms with Crippen LogP contribution >= 0.6 is 0 Å². The molecule has 0 aliphatic heterocycles. The van der Waals surface area contributed by atoms with Crippen LogP contribution < -0.4 is 38.4 Å². The minimum atomic E-state index is -2.71. The summed E-state index contributed by atoms with van der Waals surface area (Å²) in [6, 6.07) is 40.1. The van der Waals surface area contributed by atoms with Gasteiger partial charge in [-0.1, -0.05) is 0 Å². The van der Waals surface area contributed by atoms with Gasteiger partial charge in [0, 0.05) is 0 Å². The maximum atomic E-state index is 13.8. The SMILES string of the molecule is O=C([NH][Zr+2]([CH]1c2ccccc2-c2ccccc21)[SiH](c1ccccc1)c1ccccc1)C1CCCC1.[Cl-].[Cl-]. The molecule has 0 atom stereocenters. The molecule has 0 unspecified atom stereocenters. The molecule has 6 rings (SSSR count). The van der Waals surface area contributed by atoms with Crippen molar-refractivity contribution in [3.05, 3.63) is 120 Å². The number of rotatable bonds is 6. The Morgan fingerprint density at radius 3 is 1.57 bits per heavy atom. The molecule has 0 heterocycles. The Morgan fingerprint density at radius 2 is 1.08 bits per heavy atom. The Hall–Kier alpha value is -1.97. The van der Waals surface area contributed by atoms with E-state index in [4.69, 9.17) is 0 Å². The zero-order valence-electron chi connectivity index (χ0n) is 20.6. The summed E-state index contributed by atoms with van der Waals surface area (Å²) in [4.78, 5) is 13.8. The molecule has 0 spiro atoms. The first kappa shape index (κ1) is 28.0. The minimum absolute atomic E-state index is 0. The minimum Gasteiger partial charge on any atom is -1.00 e. The maximum absolute atomic E-state index is 13.8. The average molecular weight is 623 g/mol. The summed E-state index contributed by atoms with van der Waals surface area (Å²) in [6.45, 7) is 0. The topological polar surface area (TPSA) is 29.1 Å². The molecule has 2 aliphatic rings. The van der Waals surface area contributed by atoms with Crippen molar-refractivity contribution in [3.63, 3.8) is 0 Å². The van der Waals surface area contributed by atoms with Crippen LogP contribution in [-0.2, 0) is 26.0 Å². The average Bonchev–Trinajstić information content (AvgIpc) is 3.57. The van der Waals surface area contributed by atoms with Crippen LogP contribution in [0.4, 0.5) is 0 Å². The van der Waals surface area contributed by atoms with E-state index < -0.39 is 27.1 Å². The van der Waals surface area contributed by atoms with Gasteiger partial charge in [-0.05, 0) is 0 Å². The molecular formula is C31H30Cl2NOSiZr. The van der Waals surface area contributed by atoms with Crippen LogP contribution in [0.2, 0.25) is 0 Å². The number of fused-ring (bicyclic) bond motifs is 3. The van der Waals surface area contributed by atoms with E-state index in [9.17, 15) is 4.79 Å². The molecule has 4 aromatic carbocycles. The second kappa shape index (κ2) is 12.7. The molecule has 0 bridgehead atoms. The van der Waals surface area contributed by atoms with Crippen molar-refractivity contribution in [1.29, 1.82) is 0 Å². The first-order valence-electron chi connectivity index (χ1n) is 12.8. The predicted octanol–water partition coefficient (Wildman–Crippen LogP) is -0.858. The van der Waals surface area contributed by atoms with Crippen molar-refractivity contribution in [1.82, 2.24) is 3.26 Å². The fourth-order valence-corrected chi connectivity index (χ4v) is 27.9. The molecule has 1 N–H and O–H groups in total. The summed E-state index contributed by atoms with van der Waals surface area (Å²) >= 11 is -2.71. The van der Waals surface area contributed by atoms with E-state index in [1.54, 1.807) is 0 Å². The fraction of sp³-hybridized carbons (Fsp3) is 0.194. The number of hydrogen-bond acceptors (Lipinski definition) is 1. The van der Waals surface area contributed by atoms with E-state index in [1.165, 1.54) is 45.5 Å². The van der Waals surface area contributed by atoms with Crippen LogP contribution in [0.1, 0.15) is 40.4 Å². The maximum Gasteiger partial charge on any atom is -1.00 e. The monoisotopic (exact) mass is 620 g/mol. The number of carbonyl (C=O) groups is 1. The molecule has 2 nitrogen and oxygen atoms in total. The molecule has 1 amide bonds. The summed E-state index contributed by atoms with van der Waals surface area (Å²) < 4.78 is 4.24. The van der Waals surface area contributed by atoms with E-state index in [2.05, 4.69) is 112 Å². The van der Waals surface area contributed by atoms with Crippen LogP contribution in [0.15, 0.2) is 109 Å². The van der Waals surface area contributed by atoms with Crippen LogP contribution in [0.5, 0.6) is 0 Å². The fourth-order valence-electron chi connectivity index (χ4n) is 6.08. The second-order valence-corrected chi connectivity index (χ2v) is 24.2. The Morgan fingerprint density at radius 1 is 0.649 bits per heavy atom. The van der Waals surface area contributed by atoms with Gasteiger partial charge in [-0.3, -0.25) is 0 Å². The molecule has 1 fully saturated rings. The number of nitrogens with one attached hydrogen (secondary N) is 1. The van der Waals surface area contributed by atoms with Crippen LogP contribution in [-0.4, -0.2) is 11.8 Å². The molecule has 1 saturated carbocycles. The molecule has 37 heavy (non-hydrogen) atoms. The number of hydrogen-bond donors (Lipinski definition) is 1. The number of amides is 1. The number of benzene rings is 4. The Labute approximate surface area is 241 Å². The van der Waals surface area contributed by atoms with E-state index in [0.717, 1.165) is 12.8 Å². The Bertz CT molecular complexity index is 1240. The summed E-state index contributed by atoms with van der Waals surface area (Å²) in [7, 11) is 0. The van der Waals surface area contributed by atoms with Gasteiger partial charge >= 0.3 is 218 Å². The van der Waals surface area contributed by atoms with E-state index in [-0.39, 0.29) is 30.7 Å². The molecule has 0 aromatic heterocycles. The summed E-state index contributed by atoms with van der Waals surface area (Å²) in [6.07, 6.45) is 4.46. The van der Waals surface area contributed by atoms with Crippen molar-refractivity contribution < 1.29 is 50.8 Å². The van der Waals surface area contributed by atoms with Gasteiger partial charge in [0.05, 0.1) is 0 Å². The summed E-state index contributed by atoms with van der Waals surface area (Å²) in [5, 5.41) is 2.92. The van der Waals surface area contributed by atoms with Gasteiger partial charge in [0.1, 0.15) is 0 Å². The predicted molar refractivity (Wildman–Crippen MR) is 143 cm³/mol. The van der Waals surface area contributed by atoms with Gasteiger partial charge in [-0.25, -0.2) is 0 Å². The Kier molecular flexibility index (Phi) is 9.64. The summed E-state index contributed by atoms with van der Waals surface area (Å²) in [5.74, 6) is -1.14. The van der Waals surface area contributed by atoms with Crippen molar-refractivity contribution in [3.8, 4) is 11.1 Å². The standard InChI is InChI=1S/C13H9.C12H11Si.C6H11NO.2ClH.Zr/c1-3-7-12-10(5-1)9-11-6-2-4-8-13(11)12;1-3-7-11(8-4-1)13-12-9-5-2-6-10-12;7-6(8)5-3-1-2-4-5;;;/h1-9H;1-10,13H;5H,1-4H2,(H2,7,8);2*1H;/q;;;;;+3/p-3. The van der Waals surface area contributed by atoms with Crippen molar-refractivity contribution in [2.75, 3.05) is 0 Å². The molecule has 4 aromatic rings. The quantitative estimate of drug-likeness (QED) is 0.279. The van der Waals surface area contributed by atoms with Gasteiger partial charge in [-0.2, -0.15) is 0 Å². The smallest absolute Gasteiger partial charge is 1.00 e. The normalized spacial score (nSPS) is 14.3. The van der Waals surface area contributed by atoms with Crippen molar-refractivity contribution in [2.45, 2.75) is 29.3 Å². The van der Waals surface area contributed by atoms with Crippen LogP contribution in [0.3, 0.4) is 0 Å². The molecule has 0 radical (unpaired) electrons. The third-order valence-electron chi connectivity index (χ3n) is 7.72. The molecular weight excluding hydrogens is 593 g/mol. The van der Waals surface area contributed by atoms with E-state index in [0.29, 0.717) is 9.53 Å². The van der Waals surface area contributed by atoms with Gasteiger partial charge in [-0.15, -0.1) is 0 Å². The van der Waals surface area contributed by atoms with Gasteiger partial charge in [0.2, 0.25) is 0 Å². The van der Waals surface area contributed by atoms with E-state index >= 15 is 0 Å².